The van der Waals surface area contributed by atoms with E-state index in [0.717, 1.165) is 0 Å². The summed E-state index contributed by atoms with van der Waals surface area (Å²) in [7, 11) is 0. The molecule has 2 nitrogen and oxygen atoms in total. The predicted octanol–water partition coefficient (Wildman–Crippen LogP) is -5.67. The third-order valence-corrected chi connectivity index (χ3v) is 0. The van der Waals surface area contributed by atoms with Crippen LogP contribution in [0.25, 0.3) is 0 Å². The normalized spacial score (nSPS) is 0. The van der Waals surface area contributed by atoms with Gasteiger partial charge in [0.15, 0.2) is 0 Å². The zero-order valence-corrected chi connectivity index (χ0v) is 5.06. The molecule has 0 aromatic rings. The summed E-state index contributed by atoms with van der Waals surface area (Å²) in [5.41, 5.74) is 0. The molecule has 0 saturated carbocycles. The monoisotopic (exact) mass is 163 g/mol. The Kier molecular flexibility index (Phi) is 2360. The smallest absolute Gasteiger partial charge is 1.00 e. The Hall–Kier alpha value is 1.01. The maximum absolute atomic E-state index is 0. The third kappa shape index (κ3) is 44.7. The Bertz CT molecular complexity index is 7.61. The van der Waals surface area contributed by atoms with E-state index in [4.69, 9.17) is 0 Å². The van der Waals surface area contributed by atoms with Crippen LogP contribution in [-0.4, -0.2) is 0 Å². The van der Waals surface area contributed by atoms with Crippen LogP contribution in [0.1, 0.15) is 0 Å². The molecule has 0 aromatic carbocycles. The molecule has 0 bridgehead atoms. The summed E-state index contributed by atoms with van der Waals surface area (Å²) in [6.45, 7) is 0. The van der Waals surface area contributed by atoms with Crippen LogP contribution in [0.5, 0.6) is 0 Å². The Morgan fingerprint density at radius 3 is 0.600 bits per heavy atom. The quantitative estimate of drug-likeness (QED) is 0.374. The average Bonchev–Trinajstić information content (AvgIpc) is 0. The Morgan fingerprint density at radius 2 is 0.600 bits per heavy atom. The fraction of sp³-hybridized carbons (Fsp3) is 0. The molecule has 0 atom stereocenters. The average molecular weight is 164 g/mol. The van der Waals surface area contributed by atoms with E-state index in [1.165, 1.54) is 0 Å². The minimum absolute atomic E-state index is 0. The molecular weight excluding hydrogens is 158 g/mol. The first kappa shape index (κ1) is 149. The zero-order chi connectivity index (χ0) is 0. The van der Waals surface area contributed by atoms with E-state index in [-0.39, 0.29) is 53.9 Å². The fourth-order valence-electron chi connectivity index (χ4n) is 0. The van der Waals surface area contributed by atoms with Gasteiger partial charge in [-0.25, -0.2) is 0 Å². The first-order valence-corrected chi connectivity index (χ1v) is 0. The maximum Gasteiger partial charge on any atom is 2.00 e. The Balaban J connectivity index is 0. The molecular formula is H6Cl2CoN2. The van der Waals surface area contributed by atoms with Crippen LogP contribution in [0.15, 0.2) is 0 Å². The molecule has 5 heavy (non-hydrogen) atoms. The van der Waals surface area contributed by atoms with Gasteiger partial charge in [-0.3, -0.25) is 0 Å². The second-order valence-corrected chi connectivity index (χ2v) is 0. The molecule has 0 spiro atoms. The summed E-state index contributed by atoms with van der Waals surface area (Å²) in [5, 5.41) is 0. The summed E-state index contributed by atoms with van der Waals surface area (Å²) in [6.07, 6.45) is 0. The first-order chi connectivity index (χ1) is 0. The maximum atomic E-state index is 0. The fourth-order valence-corrected chi connectivity index (χ4v) is 0. The number of halogens is 2. The van der Waals surface area contributed by atoms with Crippen LogP contribution < -0.4 is 37.1 Å². The molecule has 0 aliphatic heterocycles. The minimum Gasteiger partial charge on any atom is -1.00 e. The van der Waals surface area contributed by atoms with E-state index < -0.39 is 0 Å². The molecule has 0 amide bonds. The molecule has 6 N–H and O–H groups in total. The Morgan fingerprint density at radius 1 is 0.600 bits per heavy atom. The topological polar surface area (TPSA) is 70.0 Å². The second kappa shape index (κ2) is 79.3. The van der Waals surface area contributed by atoms with Crippen LogP contribution in [0.4, 0.5) is 0 Å². The van der Waals surface area contributed by atoms with E-state index in [2.05, 4.69) is 0 Å². The largest absolute Gasteiger partial charge is 2.00 e. The molecule has 0 rings (SSSR count). The summed E-state index contributed by atoms with van der Waals surface area (Å²) in [6, 6.07) is 0. The van der Waals surface area contributed by atoms with Crippen molar-refractivity contribution < 1.29 is 41.6 Å². The van der Waals surface area contributed by atoms with Crippen LogP contribution in [0.3, 0.4) is 0 Å². The van der Waals surface area contributed by atoms with Gasteiger partial charge in [-0.05, 0) is 0 Å². The standard InChI is InChI=1S/2ClH.Co.2H3N/h2*1H;;2*1H3/q;;+2;;/p-2. The van der Waals surface area contributed by atoms with Crippen molar-refractivity contribution in [1.82, 2.24) is 12.3 Å². The van der Waals surface area contributed by atoms with Crippen LogP contribution in [-0.2, 0) is 16.8 Å². The zero-order valence-electron chi connectivity index (χ0n) is 2.50. The Labute approximate surface area is 54.3 Å². The molecule has 0 heterocycles. The van der Waals surface area contributed by atoms with Crippen molar-refractivity contribution in [3.05, 3.63) is 0 Å². The van der Waals surface area contributed by atoms with Gasteiger partial charge in [-0.1, -0.05) is 0 Å². The first-order valence-electron chi connectivity index (χ1n) is 0. The van der Waals surface area contributed by atoms with Crippen molar-refractivity contribution in [2.45, 2.75) is 0 Å². The molecule has 5 heteroatoms. The molecule has 0 unspecified atom stereocenters. The van der Waals surface area contributed by atoms with E-state index >= 15 is 0 Å². The van der Waals surface area contributed by atoms with Gasteiger partial charge in [0.25, 0.3) is 0 Å². The summed E-state index contributed by atoms with van der Waals surface area (Å²) in [4.78, 5) is 0. The van der Waals surface area contributed by atoms with Gasteiger partial charge in [-0.15, -0.1) is 0 Å². The van der Waals surface area contributed by atoms with Gasteiger partial charge in [0, 0.05) is 0 Å². The summed E-state index contributed by atoms with van der Waals surface area (Å²) >= 11 is 0. The third-order valence-electron chi connectivity index (χ3n) is 0. The van der Waals surface area contributed by atoms with Crippen molar-refractivity contribution in [2.75, 3.05) is 0 Å². The molecule has 0 aromatic heterocycles. The summed E-state index contributed by atoms with van der Waals surface area (Å²) in [5.74, 6) is 0. The number of hydrogen-bond donors (Lipinski definition) is 2. The van der Waals surface area contributed by atoms with Crippen LogP contribution in [0, 0.1) is 0 Å². The van der Waals surface area contributed by atoms with E-state index in [0.29, 0.717) is 0 Å². The van der Waals surface area contributed by atoms with Crippen LogP contribution in [0.2, 0.25) is 0 Å². The SMILES string of the molecule is N.N.[Cl-].[Cl-].[Co+2]. The van der Waals surface area contributed by atoms with Crippen molar-refractivity contribution in [2.24, 2.45) is 0 Å². The minimum atomic E-state index is 0. The number of hydrogen-bond acceptors (Lipinski definition) is 2. The van der Waals surface area contributed by atoms with Crippen molar-refractivity contribution in [1.29, 1.82) is 0 Å². The van der Waals surface area contributed by atoms with Gasteiger partial charge in [0.2, 0.25) is 0 Å². The van der Waals surface area contributed by atoms with Gasteiger partial charge >= 0.3 is 16.8 Å². The second-order valence-electron chi connectivity index (χ2n) is 0. The summed E-state index contributed by atoms with van der Waals surface area (Å²) < 4.78 is 0. The van der Waals surface area contributed by atoms with Gasteiger partial charge in [0.1, 0.15) is 0 Å². The van der Waals surface area contributed by atoms with E-state index in [9.17, 15) is 0 Å². The molecule has 0 aliphatic carbocycles. The van der Waals surface area contributed by atoms with E-state index in [1.54, 1.807) is 0 Å². The van der Waals surface area contributed by atoms with Gasteiger partial charge < -0.3 is 37.1 Å². The molecule has 0 aliphatic rings. The van der Waals surface area contributed by atoms with Crippen molar-refractivity contribution >= 4 is 0 Å². The van der Waals surface area contributed by atoms with Gasteiger partial charge in [-0.2, -0.15) is 0 Å². The predicted molar refractivity (Wildman–Crippen MR) is 10.0 cm³/mol. The molecule has 39 valence electrons. The van der Waals surface area contributed by atoms with Crippen LogP contribution >= 0.6 is 0 Å². The van der Waals surface area contributed by atoms with Crippen molar-refractivity contribution in [3.63, 3.8) is 0 Å². The van der Waals surface area contributed by atoms with Gasteiger partial charge in [0.05, 0.1) is 0 Å². The van der Waals surface area contributed by atoms with E-state index in [1.807, 2.05) is 0 Å². The van der Waals surface area contributed by atoms with Crippen molar-refractivity contribution in [3.8, 4) is 0 Å². The molecule has 0 saturated heterocycles. The molecule has 0 fully saturated rings. The molecule has 1 radical (unpaired) electrons. The number of rotatable bonds is 0.